The van der Waals surface area contributed by atoms with E-state index in [9.17, 15) is 10.1 Å². The molecule has 1 aliphatic heterocycles. The molecule has 6 nitrogen and oxygen atoms in total. The van der Waals surface area contributed by atoms with Crippen LogP contribution in [0.5, 0.6) is 0 Å². The molecule has 1 fully saturated rings. The first-order valence-electron chi connectivity index (χ1n) is 8.41. The van der Waals surface area contributed by atoms with Gasteiger partial charge in [0.05, 0.1) is 33.7 Å². The van der Waals surface area contributed by atoms with Gasteiger partial charge in [-0.05, 0) is 6.07 Å². The number of halogens is 2. The number of anilines is 1. The first kappa shape index (κ1) is 18.0. The lowest BCUT2D eigenvalue weighted by Crippen LogP contribution is -2.36. The molecule has 4 rings (SSSR count). The van der Waals surface area contributed by atoms with Crippen molar-refractivity contribution in [3.05, 3.63) is 62.8 Å². The lowest BCUT2D eigenvalue weighted by molar-refractivity contribution is -0.384. The number of benzene rings is 2. The molecule has 1 aliphatic rings. The van der Waals surface area contributed by atoms with Crippen molar-refractivity contribution in [2.45, 2.75) is 0 Å². The topological polar surface area (TPSA) is 68.5 Å². The fraction of sp³-hybridized carbons (Fsp3) is 0.211. The maximum atomic E-state index is 11.6. The monoisotopic (exact) mass is 403 g/mol. The molecule has 138 valence electrons. The zero-order chi connectivity index (χ0) is 19.0. The Labute approximate surface area is 165 Å². The summed E-state index contributed by atoms with van der Waals surface area (Å²) in [6, 6.07) is 11.0. The van der Waals surface area contributed by atoms with Gasteiger partial charge < -0.3 is 9.64 Å². The van der Waals surface area contributed by atoms with Crippen LogP contribution in [0.2, 0.25) is 10.0 Å². The number of rotatable bonds is 3. The standard InChI is InChI=1S/C19H15Cl2N3O3/c20-15-6-2-3-12(17(15)21)13-4-1-5-14-18(13)22-11-16(24(25)26)19(14)23-7-9-27-10-8-23/h1-6,11H,7-10H2. The fourth-order valence-corrected chi connectivity index (χ4v) is 3.78. The summed E-state index contributed by atoms with van der Waals surface area (Å²) >= 11 is 12.6. The van der Waals surface area contributed by atoms with Gasteiger partial charge in [0.1, 0.15) is 11.9 Å². The highest BCUT2D eigenvalue weighted by atomic mass is 35.5. The molecule has 0 unspecified atom stereocenters. The molecule has 8 heteroatoms. The summed E-state index contributed by atoms with van der Waals surface area (Å²) in [4.78, 5) is 17.6. The SMILES string of the molecule is O=[N+]([O-])c1cnc2c(-c3cccc(Cl)c3Cl)cccc2c1N1CCOCC1. The Morgan fingerprint density at radius 3 is 2.52 bits per heavy atom. The highest BCUT2D eigenvalue weighted by Crippen LogP contribution is 2.41. The van der Waals surface area contributed by atoms with Crippen molar-refractivity contribution in [2.75, 3.05) is 31.2 Å². The van der Waals surface area contributed by atoms with Gasteiger partial charge in [0, 0.05) is 29.6 Å². The molecule has 0 atom stereocenters. The molecular weight excluding hydrogens is 389 g/mol. The number of fused-ring (bicyclic) bond motifs is 1. The first-order valence-corrected chi connectivity index (χ1v) is 9.16. The number of hydrogen-bond donors (Lipinski definition) is 0. The van der Waals surface area contributed by atoms with Gasteiger partial charge in [-0.15, -0.1) is 0 Å². The third-order valence-corrected chi connectivity index (χ3v) is 5.43. The van der Waals surface area contributed by atoms with Crippen molar-refractivity contribution >= 4 is 45.5 Å². The summed E-state index contributed by atoms with van der Waals surface area (Å²) in [5.74, 6) is 0. The van der Waals surface area contributed by atoms with Crippen LogP contribution < -0.4 is 4.90 Å². The summed E-state index contributed by atoms with van der Waals surface area (Å²) in [5.41, 5.74) is 2.72. The number of hydrogen-bond acceptors (Lipinski definition) is 5. The summed E-state index contributed by atoms with van der Waals surface area (Å²) in [5, 5.41) is 13.2. The van der Waals surface area contributed by atoms with E-state index >= 15 is 0 Å². The van der Waals surface area contributed by atoms with E-state index in [0.717, 1.165) is 11.1 Å². The van der Waals surface area contributed by atoms with Crippen molar-refractivity contribution < 1.29 is 9.66 Å². The average molecular weight is 404 g/mol. The number of pyridine rings is 1. The number of nitro groups is 1. The van der Waals surface area contributed by atoms with Gasteiger partial charge in [0.15, 0.2) is 0 Å². The summed E-state index contributed by atoms with van der Waals surface area (Å²) < 4.78 is 5.40. The molecule has 1 saturated heterocycles. The molecule has 27 heavy (non-hydrogen) atoms. The van der Waals surface area contributed by atoms with E-state index in [1.807, 2.05) is 35.2 Å². The minimum atomic E-state index is -0.393. The summed E-state index contributed by atoms with van der Waals surface area (Å²) in [6.45, 7) is 2.23. The van der Waals surface area contributed by atoms with Crippen LogP contribution >= 0.6 is 23.2 Å². The molecule has 3 aromatic rings. The van der Waals surface area contributed by atoms with E-state index in [4.69, 9.17) is 27.9 Å². The number of morpholine rings is 1. The predicted molar refractivity (Wildman–Crippen MR) is 107 cm³/mol. The van der Waals surface area contributed by atoms with Crippen molar-refractivity contribution in [1.29, 1.82) is 0 Å². The number of nitrogens with zero attached hydrogens (tertiary/aromatic N) is 3. The van der Waals surface area contributed by atoms with Gasteiger partial charge in [0.2, 0.25) is 0 Å². The van der Waals surface area contributed by atoms with E-state index in [1.54, 1.807) is 6.07 Å². The Balaban J connectivity index is 1.99. The van der Waals surface area contributed by atoms with E-state index in [1.165, 1.54) is 6.20 Å². The minimum absolute atomic E-state index is 0.0151. The third kappa shape index (κ3) is 3.20. The lowest BCUT2D eigenvalue weighted by Gasteiger charge is -2.29. The average Bonchev–Trinajstić information content (AvgIpc) is 2.69. The van der Waals surface area contributed by atoms with Crippen molar-refractivity contribution in [2.24, 2.45) is 0 Å². The van der Waals surface area contributed by atoms with E-state index in [-0.39, 0.29) is 5.69 Å². The molecule has 2 heterocycles. The van der Waals surface area contributed by atoms with Gasteiger partial charge in [-0.1, -0.05) is 53.5 Å². The van der Waals surface area contributed by atoms with E-state index < -0.39 is 4.92 Å². The molecule has 0 saturated carbocycles. The number of aromatic nitrogens is 1. The van der Waals surface area contributed by atoms with Gasteiger partial charge in [-0.2, -0.15) is 0 Å². The highest BCUT2D eigenvalue weighted by molar-refractivity contribution is 6.44. The number of para-hydroxylation sites is 1. The Kier molecular flexibility index (Phi) is 4.86. The largest absolute Gasteiger partial charge is 0.378 e. The van der Waals surface area contributed by atoms with Crippen LogP contribution in [0.3, 0.4) is 0 Å². The van der Waals surface area contributed by atoms with Crippen LogP contribution in [0.4, 0.5) is 11.4 Å². The van der Waals surface area contributed by atoms with Crippen LogP contribution in [0.25, 0.3) is 22.0 Å². The van der Waals surface area contributed by atoms with Gasteiger partial charge in [0.25, 0.3) is 0 Å². The normalized spacial score (nSPS) is 14.5. The molecular formula is C19H15Cl2N3O3. The predicted octanol–water partition coefficient (Wildman–Crippen LogP) is 4.95. The van der Waals surface area contributed by atoms with Gasteiger partial charge in [-0.3, -0.25) is 10.1 Å². The Morgan fingerprint density at radius 2 is 1.78 bits per heavy atom. The van der Waals surface area contributed by atoms with Crippen LogP contribution in [0.15, 0.2) is 42.6 Å². The van der Waals surface area contributed by atoms with E-state index in [2.05, 4.69) is 4.98 Å². The summed E-state index contributed by atoms with van der Waals surface area (Å²) in [7, 11) is 0. The number of ether oxygens (including phenoxy) is 1. The summed E-state index contributed by atoms with van der Waals surface area (Å²) in [6.07, 6.45) is 1.31. The fourth-order valence-electron chi connectivity index (χ4n) is 3.38. The van der Waals surface area contributed by atoms with Gasteiger partial charge in [-0.25, -0.2) is 4.98 Å². The Hall–Kier alpha value is -2.41. The highest BCUT2D eigenvalue weighted by Gasteiger charge is 2.26. The van der Waals surface area contributed by atoms with Crippen LogP contribution in [-0.2, 0) is 4.74 Å². The van der Waals surface area contributed by atoms with E-state index in [0.29, 0.717) is 52.9 Å². The molecule has 0 N–H and O–H groups in total. The van der Waals surface area contributed by atoms with Crippen molar-refractivity contribution in [1.82, 2.24) is 4.98 Å². The second-order valence-corrected chi connectivity index (χ2v) is 6.94. The molecule has 1 aromatic heterocycles. The van der Waals surface area contributed by atoms with Crippen molar-refractivity contribution in [3.8, 4) is 11.1 Å². The molecule has 0 amide bonds. The second kappa shape index (κ2) is 7.31. The van der Waals surface area contributed by atoms with Gasteiger partial charge >= 0.3 is 5.69 Å². The molecule has 0 aliphatic carbocycles. The van der Waals surface area contributed by atoms with Crippen LogP contribution in [0, 0.1) is 10.1 Å². The molecule has 0 radical (unpaired) electrons. The lowest BCUT2D eigenvalue weighted by atomic mass is 10.0. The zero-order valence-electron chi connectivity index (χ0n) is 14.2. The maximum absolute atomic E-state index is 11.6. The molecule has 0 spiro atoms. The van der Waals surface area contributed by atoms with Crippen molar-refractivity contribution in [3.63, 3.8) is 0 Å². The Morgan fingerprint density at radius 1 is 1.07 bits per heavy atom. The Bertz CT molecular complexity index is 1040. The first-order chi connectivity index (χ1) is 13.1. The molecule has 0 bridgehead atoms. The molecule has 2 aromatic carbocycles. The quantitative estimate of drug-likeness (QED) is 0.456. The zero-order valence-corrected chi connectivity index (χ0v) is 15.7. The second-order valence-electron chi connectivity index (χ2n) is 6.15. The smallest absolute Gasteiger partial charge is 0.311 e. The van der Waals surface area contributed by atoms with Crippen LogP contribution in [-0.4, -0.2) is 36.2 Å². The minimum Gasteiger partial charge on any atom is -0.378 e. The maximum Gasteiger partial charge on any atom is 0.311 e. The van der Waals surface area contributed by atoms with Crippen LogP contribution in [0.1, 0.15) is 0 Å². The third-order valence-electron chi connectivity index (χ3n) is 4.62.